The lowest BCUT2D eigenvalue weighted by molar-refractivity contribution is -0.437. The van der Waals surface area contributed by atoms with Crippen molar-refractivity contribution in [2.24, 2.45) is 5.41 Å². The Kier molecular flexibility index (Phi) is 7.92. The van der Waals surface area contributed by atoms with Gasteiger partial charge in [-0.1, -0.05) is 70.2 Å². The Labute approximate surface area is 260 Å². The molecule has 7 nitrogen and oxygen atoms in total. The molecule has 0 saturated carbocycles. The van der Waals surface area contributed by atoms with E-state index in [-0.39, 0.29) is 30.2 Å². The van der Waals surface area contributed by atoms with Crippen LogP contribution in [0.25, 0.3) is 0 Å². The molecule has 0 spiro atoms. The standard InChI is InChI=1S/C37H41N3O4/c1-35(2)21-24(20-31-36(3,4)27-11-7-9-13-29(27)39(31)17-15-32(41)42)19-25(22-35)26(23-38)34-37(5,6)28-12-8-10-14-30(28)40(34)18-16-33(43)44/h7-14,19-20H,15-18,21-22H2,1-6H3,(H-,41,42,43,44)/p+1. The average molecular weight is 593 g/mol. The molecule has 0 unspecified atom stereocenters. The van der Waals surface area contributed by atoms with Gasteiger partial charge in [-0.3, -0.25) is 9.59 Å². The fourth-order valence-electron chi connectivity index (χ4n) is 7.42. The van der Waals surface area contributed by atoms with Crippen molar-refractivity contribution in [2.45, 2.75) is 78.1 Å². The normalized spacial score (nSPS) is 21.4. The SMILES string of the molecule is CC1(C)CC(C=C2N(CCC(=O)O)c3ccccc3C2(C)C)=CC(=C(C#N)C2=[N+](CCC(=O)O)c3ccccc3C2(C)C)C1. The highest BCUT2D eigenvalue weighted by Gasteiger charge is 2.48. The van der Waals surface area contributed by atoms with Crippen LogP contribution in [0.2, 0.25) is 0 Å². The molecule has 1 aliphatic carbocycles. The van der Waals surface area contributed by atoms with Crippen LogP contribution in [0.3, 0.4) is 0 Å². The third kappa shape index (κ3) is 5.50. The second-order valence-electron chi connectivity index (χ2n) is 14.0. The lowest BCUT2D eigenvalue weighted by Crippen LogP contribution is -2.33. The first kappa shape index (κ1) is 31.0. The minimum atomic E-state index is -0.877. The minimum Gasteiger partial charge on any atom is -0.481 e. The number of carbonyl (C=O) groups is 2. The maximum atomic E-state index is 11.6. The minimum absolute atomic E-state index is 0.0240. The lowest BCUT2D eigenvalue weighted by atomic mass is 9.71. The van der Waals surface area contributed by atoms with Crippen LogP contribution in [-0.4, -0.2) is 45.5 Å². The summed E-state index contributed by atoms with van der Waals surface area (Å²) in [6, 6.07) is 18.8. The number of aliphatic carboxylic acids is 2. The summed E-state index contributed by atoms with van der Waals surface area (Å²) in [6.45, 7) is 13.7. The summed E-state index contributed by atoms with van der Waals surface area (Å²) >= 11 is 0. The fourth-order valence-corrected chi connectivity index (χ4v) is 7.42. The molecular weight excluding hydrogens is 550 g/mol. The van der Waals surface area contributed by atoms with Crippen molar-refractivity contribution in [3.8, 4) is 6.07 Å². The number of nitrogens with zero attached hydrogens (tertiary/aromatic N) is 3. The number of benzene rings is 2. The van der Waals surface area contributed by atoms with Gasteiger partial charge in [0.05, 0.1) is 11.8 Å². The molecule has 0 radical (unpaired) electrons. The van der Waals surface area contributed by atoms with Gasteiger partial charge in [0.2, 0.25) is 11.4 Å². The van der Waals surface area contributed by atoms with Crippen LogP contribution in [0.5, 0.6) is 0 Å². The van der Waals surface area contributed by atoms with Gasteiger partial charge in [-0.15, -0.1) is 0 Å². The number of hydrogen-bond acceptors (Lipinski definition) is 4. The number of fused-ring (bicyclic) bond motifs is 2. The molecule has 0 bridgehead atoms. The number of rotatable bonds is 8. The first-order valence-electron chi connectivity index (χ1n) is 15.3. The molecule has 0 amide bonds. The molecule has 0 fully saturated rings. The Morgan fingerprint density at radius 3 is 2.20 bits per heavy atom. The maximum Gasteiger partial charge on any atom is 0.309 e. The van der Waals surface area contributed by atoms with Crippen molar-refractivity contribution < 1.29 is 24.4 Å². The highest BCUT2D eigenvalue weighted by atomic mass is 16.4. The van der Waals surface area contributed by atoms with Crippen molar-refractivity contribution in [3.63, 3.8) is 0 Å². The second-order valence-corrected chi connectivity index (χ2v) is 14.0. The van der Waals surface area contributed by atoms with E-state index in [1.54, 1.807) is 0 Å². The summed E-state index contributed by atoms with van der Waals surface area (Å²) in [5.41, 5.74) is 7.77. The van der Waals surface area contributed by atoms with Crippen LogP contribution in [-0.2, 0) is 20.4 Å². The van der Waals surface area contributed by atoms with E-state index in [4.69, 9.17) is 0 Å². The number of para-hydroxylation sites is 2. The molecule has 7 heteroatoms. The topological polar surface area (TPSA) is 105 Å². The Balaban J connectivity index is 1.69. The zero-order valence-electron chi connectivity index (χ0n) is 26.6. The second kappa shape index (κ2) is 11.2. The van der Waals surface area contributed by atoms with Gasteiger partial charge in [0.15, 0.2) is 6.54 Å². The van der Waals surface area contributed by atoms with E-state index >= 15 is 0 Å². The molecule has 44 heavy (non-hydrogen) atoms. The molecule has 0 aromatic heterocycles. The Morgan fingerprint density at radius 1 is 0.909 bits per heavy atom. The molecule has 3 aliphatic rings. The van der Waals surface area contributed by atoms with E-state index in [1.807, 2.05) is 34.9 Å². The van der Waals surface area contributed by atoms with Gasteiger partial charge in [-0.2, -0.15) is 9.84 Å². The van der Waals surface area contributed by atoms with Crippen LogP contribution in [0.4, 0.5) is 11.4 Å². The van der Waals surface area contributed by atoms with E-state index in [1.165, 1.54) is 0 Å². The third-order valence-corrected chi connectivity index (χ3v) is 9.33. The molecular formula is C37H42N3O4+. The smallest absolute Gasteiger partial charge is 0.309 e. The summed E-state index contributed by atoms with van der Waals surface area (Å²) in [5, 5.41) is 29.8. The summed E-state index contributed by atoms with van der Waals surface area (Å²) in [7, 11) is 0. The first-order chi connectivity index (χ1) is 20.7. The molecule has 228 valence electrons. The van der Waals surface area contributed by atoms with Gasteiger partial charge >= 0.3 is 11.9 Å². The average Bonchev–Trinajstić information content (AvgIpc) is 3.29. The largest absolute Gasteiger partial charge is 0.481 e. The van der Waals surface area contributed by atoms with Crippen LogP contribution >= 0.6 is 0 Å². The van der Waals surface area contributed by atoms with Gasteiger partial charge in [0.25, 0.3) is 0 Å². The fraction of sp³-hybridized carbons (Fsp3) is 0.405. The molecule has 5 rings (SSSR count). The van der Waals surface area contributed by atoms with Crippen LogP contribution in [0.15, 0.2) is 83.1 Å². The van der Waals surface area contributed by atoms with E-state index in [2.05, 4.69) is 82.9 Å². The molecule has 2 N–H and O–H groups in total. The number of carboxylic acids is 2. The van der Waals surface area contributed by atoms with Gasteiger partial charge in [-0.25, -0.2) is 0 Å². The van der Waals surface area contributed by atoms with E-state index < -0.39 is 17.4 Å². The van der Waals surface area contributed by atoms with Gasteiger partial charge in [0.1, 0.15) is 18.1 Å². The molecule has 2 aliphatic heterocycles. The number of nitriles is 1. The lowest BCUT2D eigenvalue weighted by Gasteiger charge is -2.33. The number of allylic oxidation sites excluding steroid dienone is 6. The molecule has 0 saturated heterocycles. The predicted molar refractivity (Wildman–Crippen MR) is 172 cm³/mol. The van der Waals surface area contributed by atoms with Crippen molar-refractivity contribution >= 4 is 29.0 Å². The van der Waals surface area contributed by atoms with Crippen molar-refractivity contribution in [1.29, 1.82) is 5.26 Å². The Bertz CT molecular complexity index is 1710. The van der Waals surface area contributed by atoms with E-state index in [9.17, 15) is 25.1 Å². The maximum absolute atomic E-state index is 11.6. The summed E-state index contributed by atoms with van der Waals surface area (Å²) in [4.78, 5) is 25.4. The monoisotopic (exact) mass is 592 g/mol. The quantitative estimate of drug-likeness (QED) is 0.247. The van der Waals surface area contributed by atoms with Crippen molar-refractivity contribution in [1.82, 2.24) is 0 Å². The molecule has 0 atom stereocenters. The van der Waals surface area contributed by atoms with Crippen molar-refractivity contribution in [2.75, 3.05) is 18.0 Å². The van der Waals surface area contributed by atoms with Gasteiger partial charge in [-0.05, 0) is 61.0 Å². The summed E-state index contributed by atoms with van der Waals surface area (Å²) in [6.07, 6.45) is 5.85. The van der Waals surface area contributed by atoms with Crippen LogP contribution in [0.1, 0.15) is 78.4 Å². The van der Waals surface area contributed by atoms with Gasteiger partial charge < -0.3 is 15.1 Å². The number of carboxylic acid groups (broad SMARTS) is 2. The van der Waals surface area contributed by atoms with Crippen LogP contribution in [0, 0.1) is 16.7 Å². The molecule has 2 aromatic rings. The zero-order chi connectivity index (χ0) is 32.0. The highest BCUT2D eigenvalue weighted by molar-refractivity contribution is 6.10. The first-order valence-corrected chi connectivity index (χ1v) is 15.3. The summed E-state index contributed by atoms with van der Waals surface area (Å²) < 4.78 is 2.03. The summed E-state index contributed by atoms with van der Waals surface area (Å²) in [5.74, 6) is -1.71. The third-order valence-electron chi connectivity index (χ3n) is 9.33. The van der Waals surface area contributed by atoms with Gasteiger partial charge in [0, 0.05) is 35.0 Å². The zero-order valence-corrected chi connectivity index (χ0v) is 26.6. The van der Waals surface area contributed by atoms with E-state index in [0.717, 1.165) is 51.5 Å². The number of hydrogen-bond donors (Lipinski definition) is 2. The Hall–Kier alpha value is -4.44. The highest BCUT2D eigenvalue weighted by Crippen LogP contribution is 2.50. The van der Waals surface area contributed by atoms with Crippen molar-refractivity contribution in [3.05, 3.63) is 94.2 Å². The molecule has 2 heterocycles. The van der Waals surface area contributed by atoms with Crippen LogP contribution < -0.4 is 4.90 Å². The van der Waals surface area contributed by atoms with E-state index in [0.29, 0.717) is 18.5 Å². The predicted octanol–water partition coefficient (Wildman–Crippen LogP) is 7.26. The molecule has 2 aromatic carbocycles. The Morgan fingerprint density at radius 2 is 1.55 bits per heavy atom. The number of anilines is 1.